The van der Waals surface area contributed by atoms with Crippen molar-refractivity contribution >= 4 is 23.2 Å². The number of hydrogen-bond donors (Lipinski definition) is 2. The van der Waals surface area contributed by atoms with E-state index in [0.29, 0.717) is 27.6 Å². The Balaban J connectivity index is 2.20. The molecule has 0 aliphatic rings. The van der Waals surface area contributed by atoms with E-state index in [9.17, 15) is 9.90 Å². The molecule has 1 amide bonds. The molecule has 0 saturated heterocycles. The third-order valence-corrected chi connectivity index (χ3v) is 3.38. The van der Waals surface area contributed by atoms with Gasteiger partial charge in [0.1, 0.15) is 0 Å². The predicted molar refractivity (Wildman–Crippen MR) is 85.8 cm³/mol. The molecule has 2 N–H and O–H groups in total. The predicted octanol–water partition coefficient (Wildman–Crippen LogP) is 3.21. The molecule has 22 heavy (non-hydrogen) atoms. The smallest absolute Gasteiger partial charge is 0.272 e. The first-order chi connectivity index (χ1) is 10.5. The van der Waals surface area contributed by atoms with E-state index in [0.717, 1.165) is 0 Å². The summed E-state index contributed by atoms with van der Waals surface area (Å²) < 4.78 is 5.04. The molecule has 0 atom stereocenters. The molecule has 0 spiro atoms. The number of nitrogens with zero attached hydrogens (tertiary/aromatic N) is 1. The van der Waals surface area contributed by atoms with E-state index in [1.54, 1.807) is 49.4 Å². The number of phenols is 1. The van der Waals surface area contributed by atoms with Gasteiger partial charge in [0.25, 0.3) is 5.91 Å². The second-order valence-electron chi connectivity index (χ2n) is 4.47. The van der Waals surface area contributed by atoms with Crippen molar-refractivity contribution in [2.24, 2.45) is 5.10 Å². The first-order valence-electron chi connectivity index (χ1n) is 6.50. The first kappa shape index (κ1) is 15.9. The maximum atomic E-state index is 12.0. The molecule has 0 aliphatic carbocycles. The van der Waals surface area contributed by atoms with Crippen LogP contribution in [0.15, 0.2) is 47.6 Å². The lowest BCUT2D eigenvalue weighted by atomic mass is 10.1. The molecule has 0 saturated carbocycles. The van der Waals surface area contributed by atoms with Crippen molar-refractivity contribution in [1.82, 2.24) is 5.43 Å². The number of carbonyl (C=O) groups excluding carboxylic acids is 1. The number of methoxy groups -OCH3 is 1. The van der Waals surface area contributed by atoms with Crippen molar-refractivity contribution in [3.8, 4) is 11.5 Å². The lowest BCUT2D eigenvalue weighted by molar-refractivity contribution is 0.0955. The number of rotatable bonds is 4. The van der Waals surface area contributed by atoms with Crippen molar-refractivity contribution < 1.29 is 14.6 Å². The van der Waals surface area contributed by atoms with E-state index in [-0.39, 0.29) is 5.75 Å². The second-order valence-corrected chi connectivity index (χ2v) is 4.88. The number of aromatic hydroxyl groups is 1. The van der Waals surface area contributed by atoms with E-state index >= 15 is 0 Å². The van der Waals surface area contributed by atoms with Crippen LogP contribution in [0.5, 0.6) is 11.5 Å². The number of hydrogen-bond acceptors (Lipinski definition) is 4. The van der Waals surface area contributed by atoms with Gasteiger partial charge in [0.05, 0.1) is 23.4 Å². The summed E-state index contributed by atoms with van der Waals surface area (Å²) >= 11 is 5.95. The molecule has 114 valence electrons. The van der Waals surface area contributed by atoms with Crippen LogP contribution in [0.3, 0.4) is 0 Å². The Morgan fingerprint density at radius 1 is 1.18 bits per heavy atom. The SMILES string of the molecule is COc1cccc(/C(C)=N/NC(=O)c2ccccc2Cl)c1O. The highest BCUT2D eigenvalue weighted by atomic mass is 35.5. The number of halogens is 1. The van der Waals surface area contributed by atoms with Gasteiger partial charge in [0.2, 0.25) is 0 Å². The van der Waals surface area contributed by atoms with E-state index in [2.05, 4.69) is 10.5 Å². The highest BCUT2D eigenvalue weighted by molar-refractivity contribution is 6.33. The summed E-state index contributed by atoms with van der Waals surface area (Å²) in [5.74, 6) is -0.116. The summed E-state index contributed by atoms with van der Waals surface area (Å²) in [4.78, 5) is 12.0. The van der Waals surface area contributed by atoms with Crippen LogP contribution in [-0.2, 0) is 0 Å². The number of amides is 1. The summed E-state index contributed by atoms with van der Waals surface area (Å²) in [5.41, 5.74) is 3.66. The van der Waals surface area contributed by atoms with E-state index in [1.807, 2.05) is 0 Å². The molecule has 6 heteroatoms. The van der Waals surface area contributed by atoms with Crippen molar-refractivity contribution in [2.45, 2.75) is 6.92 Å². The van der Waals surface area contributed by atoms with Crippen molar-refractivity contribution in [3.05, 3.63) is 58.6 Å². The van der Waals surface area contributed by atoms with Gasteiger partial charge in [-0.15, -0.1) is 0 Å². The Morgan fingerprint density at radius 2 is 1.86 bits per heavy atom. The van der Waals surface area contributed by atoms with Crippen molar-refractivity contribution in [3.63, 3.8) is 0 Å². The van der Waals surface area contributed by atoms with Gasteiger partial charge in [0, 0.05) is 5.56 Å². The topological polar surface area (TPSA) is 70.9 Å². The van der Waals surface area contributed by atoms with Gasteiger partial charge in [0.15, 0.2) is 11.5 Å². The number of benzene rings is 2. The monoisotopic (exact) mass is 318 g/mol. The van der Waals surface area contributed by atoms with Crippen LogP contribution < -0.4 is 10.2 Å². The fourth-order valence-corrected chi connectivity index (χ4v) is 2.10. The molecular formula is C16H15ClN2O3. The lowest BCUT2D eigenvalue weighted by Gasteiger charge is -2.08. The fraction of sp³-hybridized carbons (Fsp3) is 0.125. The first-order valence-corrected chi connectivity index (χ1v) is 6.88. The Kier molecular flexibility index (Phi) is 5.01. The zero-order valence-corrected chi connectivity index (χ0v) is 12.9. The Hall–Kier alpha value is -2.53. The Morgan fingerprint density at radius 3 is 2.55 bits per heavy atom. The summed E-state index contributed by atoms with van der Waals surface area (Å²) in [5, 5.41) is 14.4. The molecule has 0 fully saturated rings. The maximum absolute atomic E-state index is 12.0. The van der Waals surface area contributed by atoms with Gasteiger partial charge < -0.3 is 9.84 Å². The zero-order chi connectivity index (χ0) is 16.1. The summed E-state index contributed by atoms with van der Waals surface area (Å²) in [6, 6.07) is 11.7. The average molecular weight is 319 g/mol. The normalized spacial score (nSPS) is 11.1. The largest absolute Gasteiger partial charge is 0.504 e. The molecule has 2 aromatic carbocycles. The van der Waals surface area contributed by atoms with Gasteiger partial charge in [-0.2, -0.15) is 5.10 Å². The minimum absolute atomic E-state index is 0.0294. The summed E-state index contributed by atoms with van der Waals surface area (Å²) in [6.07, 6.45) is 0. The molecule has 2 rings (SSSR count). The van der Waals surface area contributed by atoms with Crippen molar-refractivity contribution in [2.75, 3.05) is 7.11 Å². The third kappa shape index (κ3) is 3.38. The molecule has 0 unspecified atom stereocenters. The van der Waals surface area contributed by atoms with Gasteiger partial charge >= 0.3 is 0 Å². The number of carbonyl (C=O) groups is 1. The van der Waals surface area contributed by atoms with Crippen LogP contribution >= 0.6 is 11.6 Å². The maximum Gasteiger partial charge on any atom is 0.272 e. The number of para-hydroxylation sites is 1. The molecule has 2 aromatic rings. The van der Waals surface area contributed by atoms with Crippen LogP contribution in [0, 0.1) is 0 Å². The number of nitrogens with one attached hydrogen (secondary N) is 1. The van der Waals surface area contributed by atoms with Gasteiger partial charge in [-0.3, -0.25) is 4.79 Å². The molecule has 0 aromatic heterocycles. The standard InChI is InChI=1S/C16H15ClN2O3/c1-10(11-7-5-9-14(22-2)15(11)20)18-19-16(21)12-6-3-4-8-13(12)17/h3-9,20H,1-2H3,(H,19,21)/b18-10+. The van der Waals surface area contributed by atoms with Crippen LogP contribution in [-0.4, -0.2) is 23.8 Å². The molecule has 5 nitrogen and oxygen atoms in total. The molecule has 0 aliphatic heterocycles. The molecule has 0 bridgehead atoms. The quantitative estimate of drug-likeness (QED) is 0.671. The number of phenolic OH excluding ortho intramolecular Hbond substituents is 1. The Bertz CT molecular complexity index is 729. The fourth-order valence-electron chi connectivity index (χ4n) is 1.88. The van der Waals surface area contributed by atoms with Gasteiger partial charge in [-0.25, -0.2) is 5.43 Å². The summed E-state index contributed by atoms with van der Waals surface area (Å²) in [6.45, 7) is 1.67. The van der Waals surface area contributed by atoms with Crippen LogP contribution in [0.4, 0.5) is 0 Å². The van der Waals surface area contributed by atoms with Gasteiger partial charge in [-0.1, -0.05) is 29.8 Å². The minimum atomic E-state index is -0.424. The van der Waals surface area contributed by atoms with Crippen LogP contribution in [0.1, 0.15) is 22.8 Å². The van der Waals surface area contributed by atoms with E-state index < -0.39 is 5.91 Å². The minimum Gasteiger partial charge on any atom is -0.504 e. The van der Waals surface area contributed by atoms with Crippen LogP contribution in [0.25, 0.3) is 0 Å². The van der Waals surface area contributed by atoms with E-state index in [1.165, 1.54) is 7.11 Å². The van der Waals surface area contributed by atoms with Crippen molar-refractivity contribution in [1.29, 1.82) is 0 Å². The molecule has 0 radical (unpaired) electrons. The second kappa shape index (κ2) is 6.95. The van der Waals surface area contributed by atoms with E-state index in [4.69, 9.17) is 16.3 Å². The average Bonchev–Trinajstić information content (AvgIpc) is 2.53. The highest BCUT2D eigenvalue weighted by Crippen LogP contribution is 2.29. The number of ether oxygens (including phenoxy) is 1. The van der Waals surface area contributed by atoms with Gasteiger partial charge in [-0.05, 0) is 31.2 Å². The lowest BCUT2D eigenvalue weighted by Crippen LogP contribution is -2.19. The van der Waals surface area contributed by atoms with Crippen LogP contribution in [0.2, 0.25) is 5.02 Å². The summed E-state index contributed by atoms with van der Waals surface area (Å²) in [7, 11) is 1.46. The molecule has 0 heterocycles. The highest BCUT2D eigenvalue weighted by Gasteiger charge is 2.12. The third-order valence-electron chi connectivity index (χ3n) is 3.05. The zero-order valence-electron chi connectivity index (χ0n) is 12.1. The number of hydrazone groups is 1. The molecular weight excluding hydrogens is 304 g/mol. The Labute approximate surface area is 133 Å².